The first-order valence-electron chi connectivity index (χ1n) is 8.11. The molecule has 0 radical (unpaired) electrons. The van der Waals surface area contributed by atoms with Gasteiger partial charge in [0.1, 0.15) is 11.6 Å². The lowest BCUT2D eigenvalue weighted by atomic mass is 10.1. The zero-order valence-electron chi connectivity index (χ0n) is 15.2. The summed E-state index contributed by atoms with van der Waals surface area (Å²) in [6.07, 6.45) is 0.467. The standard InChI is InChI=1S/C16H28N2O7/c1-16(2,3)25-15(23)18-11(14(22)24-4)7-5-6-10-17-12(19)8-9-13(20)21/h11H,5-10H2,1-4H3,(H,17,19)(H,18,23)(H,20,21). The molecular formula is C16H28N2O7. The number of hydrogen-bond donors (Lipinski definition) is 3. The number of carboxylic acid groups (broad SMARTS) is 1. The van der Waals surface area contributed by atoms with Crippen LogP contribution in [0, 0.1) is 0 Å². The lowest BCUT2D eigenvalue weighted by molar-refractivity contribution is -0.143. The zero-order valence-corrected chi connectivity index (χ0v) is 15.2. The number of alkyl carbamates (subject to hydrolysis) is 1. The molecule has 0 aliphatic heterocycles. The van der Waals surface area contributed by atoms with E-state index >= 15 is 0 Å². The molecule has 1 unspecified atom stereocenters. The number of carbonyl (C=O) groups excluding carboxylic acids is 3. The van der Waals surface area contributed by atoms with Crippen LogP contribution in [0.1, 0.15) is 52.9 Å². The van der Waals surface area contributed by atoms with E-state index in [4.69, 9.17) is 9.84 Å². The Labute approximate surface area is 147 Å². The molecule has 0 bridgehead atoms. The molecule has 0 fully saturated rings. The summed E-state index contributed by atoms with van der Waals surface area (Å²) in [6, 6.07) is -0.831. The monoisotopic (exact) mass is 360 g/mol. The van der Waals surface area contributed by atoms with E-state index in [1.165, 1.54) is 7.11 Å². The van der Waals surface area contributed by atoms with Crippen molar-refractivity contribution in [3.8, 4) is 0 Å². The van der Waals surface area contributed by atoms with Gasteiger partial charge in [-0.1, -0.05) is 0 Å². The summed E-state index contributed by atoms with van der Waals surface area (Å²) in [6.45, 7) is 5.51. The maximum absolute atomic E-state index is 11.7. The van der Waals surface area contributed by atoms with Crippen LogP contribution in [0.4, 0.5) is 4.79 Å². The molecule has 1 atom stereocenters. The van der Waals surface area contributed by atoms with Crippen molar-refractivity contribution in [2.75, 3.05) is 13.7 Å². The van der Waals surface area contributed by atoms with E-state index in [9.17, 15) is 19.2 Å². The molecule has 25 heavy (non-hydrogen) atoms. The predicted octanol–water partition coefficient (Wildman–Crippen LogP) is 1.20. The van der Waals surface area contributed by atoms with Crippen LogP contribution in [0.5, 0.6) is 0 Å². The quantitative estimate of drug-likeness (QED) is 0.394. The second-order valence-corrected chi connectivity index (χ2v) is 6.46. The van der Waals surface area contributed by atoms with Crippen LogP contribution >= 0.6 is 0 Å². The Kier molecular flexibility index (Phi) is 10.2. The average molecular weight is 360 g/mol. The highest BCUT2D eigenvalue weighted by atomic mass is 16.6. The number of amides is 2. The van der Waals surface area contributed by atoms with Gasteiger partial charge in [-0.05, 0) is 40.0 Å². The van der Waals surface area contributed by atoms with Gasteiger partial charge in [0.25, 0.3) is 0 Å². The van der Waals surface area contributed by atoms with E-state index in [0.717, 1.165) is 0 Å². The Hall–Kier alpha value is -2.32. The average Bonchev–Trinajstić information content (AvgIpc) is 2.48. The van der Waals surface area contributed by atoms with Gasteiger partial charge in [-0.25, -0.2) is 9.59 Å². The molecule has 144 valence electrons. The van der Waals surface area contributed by atoms with E-state index in [2.05, 4.69) is 15.4 Å². The summed E-state index contributed by atoms with van der Waals surface area (Å²) in [5.74, 6) is -1.93. The molecule has 0 saturated carbocycles. The molecule has 0 aromatic heterocycles. The van der Waals surface area contributed by atoms with Crippen LogP contribution in [0.3, 0.4) is 0 Å². The summed E-state index contributed by atoms with van der Waals surface area (Å²) in [7, 11) is 1.23. The molecule has 0 aliphatic carbocycles. The highest BCUT2D eigenvalue weighted by molar-refractivity contribution is 5.81. The van der Waals surface area contributed by atoms with Crippen LogP contribution in [0.15, 0.2) is 0 Å². The lowest BCUT2D eigenvalue weighted by Crippen LogP contribution is -2.44. The van der Waals surface area contributed by atoms with Crippen molar-refractivity contribution in [3.63, 3.8) is 0 Å². The maximum Gasteiger partial charge on any atom is 0.408 e. The van der Waals surface area contributed by atoms with Crippen molar-refractivity contribution < 1.29 is 33.8 Å². The maximum atomic E-state index is 11.7. The van der Waals surface area contributed by atoms with Gasteiger partial charge in [0.05, 0.1) is 13.5 Å². The van der Waals surface area contributed by atoms with Crippen molar-refractivity contribution >= 4 is 23.9 Å². The normalized spacial score (nSPS) is 12.0. The summed E-state index contributed by atoms with van der Waals surface area (Å²) >= 11 is 0. The Morgan fingerprint density at radius 1 is 1.08 bits per heavy atom. The van der Waals surface area contributed by atoms with E-state index in [-0.39, 0.29) is 18.7 Å². The minimum Gasteiger partial charge on any atom is -0.481 e. The molecule has 0 spiro atoms. The number of esters is 1. The fraction of sp³-hybridized carbons (Fsp3) is 0.750. The van der Waals surface area contributed by atoms with E-state index in [1.807, 2.05) is 0 Å². The largest absolute Gasteiger partial charge is 0.481 e. The smallest absolute Gasteiger partial charge is 0.408 e. The van der Waals surface area contributed by atoms with Crippen molar-refractivity contribution in [2.24, 2.45) is 0 Å². The number of unbranched alkanes of at least 4 members (excludes halogenated alkanes) is 1. The number of aliphatic carboxylic acids is 1. The molecule has 0 aromatic carbocycles. The number of carboxylic acids is 1. The minimum absolute atomic E-state index is 0.0691. The van der Waals surface area contributed by atoms with Crippen LogP contribution in [0.25, 0.3) is 0 Å². The number of carbonyl (C=O) groups is 4. The second-order valence-electron chi connectivity index (χ2n) is 6.46. The molecule has 0 aromatic rings. The van der Waals surface area contributed by atoms with Gasteiger partial charge in [0.15, 0.2) is 0 Å². The summed E-state index contributed by atoms with van der Waals surface area (Å²) in [5, 5.41) is 13.5. The van der Waals surface area contributed by atoms with Crippen LogP contribution in [-0.2, 0) is 23.9 Å². The molecule has 9 heteroatoms. The van der Waals surface area contributed by atoms with Crippen molar-refractivity contribution in [1.29, 1.82) is 0 Å². The Balaban J connectivity index is 4.16. The van der Waals surface area contributed by atoms with Gasteiger partial charge in [0, 0.05) is 13.0 Å². The van der Waals surface area contributed by atoms with Crippen LogP contribution < -0.4 is 10.6 Å². The van der Waals surface area contributed by atoms with Crippen molar-refractivity contribution in [3.05, 3.63) is 0 Å². The zero-order chi connectivity index (χ0) is 19.5. The van der Waals surface area contributed by atoms with Gasteiger partial charge < -0.3 is 25.2 Å². The van der Waals surface area contributed by atoms with Gasteiger partial charge in [0.2, 0.25) is 5.91 Å². The van der Waals surface area contributed by atoms with E-state index < -0.39 is 29.7 Å². The first-order chi connectivity index (χ1) is 11.5. The predicted molar refractivity (Wildman–Crippen MR) is 88.9 cm³/mol. The first kappa shape index (κ1) is 22.7. The first-order valence-corrected chi connectivity index (χ1v) is 8.11. The fourth-order valence-corrected chi connectivity index (χ4v) is 1.85. The van der Waals surface area contributed by atoms with Gasteiger partial charge in [-0.2, -0.15) is 0 Å². The molecule has 0 rings (SSSR count). The second kappa shape index (κ2) is 11.3. The topological polar surface area (TPSA) is 131 Å². The highest BCUT2D eigenvalue weighted by Gasteiger charge is 2.24. The summed E-state index contributed by atoms with van der Waals surface area (Å²) < 4.78 is 9.76. The van der Waals surface area contributed by atoms with Crippen molar-refractivity contribution in [1.82, 2.24) is 10.6 Å². The van der Waals surface area contributed by atoms with Gasteiger partial charge in [-0.3, -0.25) is 9.59 Å². The number of ether oxygens (including phenoxy) is 2. The molecule has 0 heterocycles. The highest BCUT2D eigenvalue weighted by Crippen LogP contribution is 2.09. The van der Waals surface area contributed by atoms with Crippen molar-refractivity contribution in [2.45, 2.75) is 64.5 Å². The fourth-order valence-electron chi connectivity index (χ4n) is 1.85. The summed E-state index contributed by atoms with van der Waals surface area (Å²) in [5.41, 5.74) is -0.676. The van der Waals surface area contributed by atoms with Gasteiger partial charge in [-0.15, -0.1) is 0 Å². The van der Waals surface area contributed by atoms with Crippen LogP contribution in [0.2, 0.25) is 0 Å². The number of methoxy groups -OCH3 is 1. The number of rotatable bonds is 10. The molecular weight excluding hydrogens is 332 g/mol. The Morgan fingerprint density at radius 3 is 2.24 bits per heavy atom. The SMILES string of the molecule is COC(=O)C(CCCCNC(=O)CCC(=O)O)NC(=O)OC(C)(C)C. The number of nitrogens with one attached hydrogen (secondary N) is 2. The Morgan fingerprint density at radius 2 is 1.72 bits per heavy atom. The Bertz CT molecular complexity index is 472. The molecule has 9 nitrogen and oxygen atoms in total. The van der Waals surface area contributed by atoms with Crippen LogP contribution in [-0.4, -0.2) is 54.3 Å². The molecule has 2 amide bonds. The van der Waals surface area contributed by atoms with E-state index in [1.54, 1.807) is 20.8 Å². The van der Waals surface area contributed by atoms with Gasteiger partial charge >= 0.3 is 18.0 Å². The molecule has 0 aliphatic rings. The summed E-state index contributed by atoms with van der Waals surface area (Å²) in [4.78, 5) is 45.2. The van der Waals surface area contributed by atoms with E-state index in [0.29, 0.717) is 25.8 Å². The third kappa shape index (κ3) is 12.7. The third-order valence-corrected chi connectivity index (χ3v) is 2.98. The number of hydrogen-bond acceptors (Lipinski definition) is 6. The lowest BCUT2D eigenvalue weighted by Gasteiger charge is -2.22. The minimum atomic E-state index is -1.02. The third-order valence-electron chi connectivity index (χ3n) is 2.98. The molecule has 3 N–H and O–H groups in total. The molecule has 0 saturated heterocycles.